The van der Waals surface area contributed by atoms with Crippen molar-refractivity contribution >= 4 is 17.9 Å². The molecule has 0 fully saturated rings. The van der Waals surface area contributed by atoms with E-state index in [-0.39, 0.29) is 54.8 Å². The summed E-state index contributed by atoms with van der Waals surface area (Å²) in [7, 11) is 3.21. The molecule has 14 heteroatoms. The Morgan fingerprint density at radius 2 is 1.70 bits per heavy atom. The lowest BCUT2D eigenvalue weighted by atomic mass is 9.80. The average Bonchev–Trinajstić information content (AvgIpc) is 3.38. The van der Waals surface area contributed by atoms with Gasteiger partial charge in [0.15, 0.2) is 29.6 Å². The SMILES string of the molecule is COCCCOc1cc(C[C@@H](C[C@H](NC(=O)OCc2oc(=O)oc2C)[C@@H](O)C[C@H](C(=O)NCC(C)(C)C(N)=O)C(C)C)C(C)C)ccc1OC. The second-order valence-electron chi connectivity index (χ2n) is 14.0. The van der Waals surface area contributed by atoms with Gasteiger partial charge in [-0.1, -0.05) is 33.8 Å². The van der Waals surface area contributed by atoms with Gasteiger partial charge in [0, 0.05) is 32.6 Å². The highest BCUT2D eigenvalue weighted by atomic mass is 16.6. The molecular formula is C36H57N3O11. The van der Waals surface area contributed by atoms with Crippen LogP contribution in [0.5, 0.6) is 11.5 Å². The van der Waals surface area contributed by atoms with E-state index in [0.29, 0.717) is 44.0 Å². The molecule has 0 saturated carbocycles. The topological polar surface area (TPSA) is 202 Å². The number of benzene rings is 1. The number of nitrogens with two attached hydrogens (primary N) is 1. The number of carbonyl (C=O) groups is 3. The fraction of sp³-hybridized carbons (Fsp3) is 0.667. The first-order chi connectivity index (χ1) is 23.5. The molecule has 50 heavy (non-hydrogen) atoms. The number of methoxy groups -OCH3 is 2. The minimum Gasteiger partial charge on any atom is -0.493 e. The maximum absolute atomic E-state index is 13.3. The first-order valence-electron chi connectivity index (χ1n) is 17.1. The van der Waals surface area contributed by atoms with Crippen LogP contribution in [-0.4, -0.2) is 69.1 Å². The minimum absolute atomic E-state index is 0.0218. The number of aryl methyl sites for hydroxylation is 1. The van der Waals surface area contributed by atoms with Crippen molar-refractivity contribution in [3.63, 3.8) is 0 Å². The van der Waals surface area contributed by atoms with Crippen LogP contribution in [0.4, 0.5) is 4.79 Å². The van der Waals surface area contributed by atoms with Crippen LogP contribution in [0, 0.1) is 36.0 Å². The van der Waals surface area contributed by atoms with E-state index in [4.69, 9.17) is 33.5 Å². The fourth-order valence-corrected chi connectivity index (χ4v) is 5.34. The smallest absolute Gasteiger partial charge is 0.493 e. The van der Waals surface area contributed by atoms with E-state index in [1.807, 2.05) is 32.0 Å². The molecule has 3 amide bonds. The number of amides is 3. The lowest BCUT2D eigenvalue weighted by Crippen LogP contribution is -2.49. The van der Waals surface area contributed by atoms with E-state index in [9.17, 15) is 24.3 Å². The van der Waals surface area contributed by atoms with Crippen LogP contribution in [0.2, 0.25) is 0 Å². The Morgan fingerprint density at radius 1 is 1.00 bits per heavy atom. The Kier molecular flexibility index (Phi) is 16.8. The summed E-state index contributed by atoms with van der Waals surface area (Å²) in [6.45, 7) is 13.3. The molecule has 0 bridgehead atoms. The second kappa shape index (κ2) is 20.0. The molecule has 0 radical (unpaired) electrons. The summed E-state index contributed by atoms with van der Waals surface area (Å²) in [6, 6.07) is 4.91. The van der Waals surface area contributed by atoms with E-state index in [1.165, 1.54) is 6.92 Å². The standard InChI is InChI=1S/C36H57N3O11/c1-21(2)25(15-24-11-12-29(46-9)30(16-24)47-14-10-13-45-8)17-27(39-34(43)48-19-31-23(5)49-35(44)50-31)28(40)18-26(22(3)4)32(41)38-20-36(6,7)33(37)42/h11-12,16,21-22,25-28,40H,10,13-15,17-20H2,1-9H3,(H2,37,42)(H,38,41)(H,39,43)/t25-,26-,27-,28-/m0/s1. The molecule has 5 N–H and O–H groups in total. The van der Waals surface area contributed by atoms with Gasteiger partial charge in [0.2, 0.25) is 11.8 Å². The van der Waals surface area contributed by atoms with Crippen LogP contribution < -0.4 is 31.7 Å². The zero-order chi connectivity index (χ0) is 37.6. The van der Waals surface area contributed by atoms with Crippen molar-refractivity contribution in [3.05, 3.63) is 45.9 Å². The van der Waals surface area contributed by atoms with Gasteiger partial charge in [0.1, 0.15) is 0 Å². The predicted molar refractivity (Wildman–Crippen MR) is 186 cm³/mol. The lowest BCUT2D eigenvalue weighted by molar-refractivity contribution is -0.130. The highest BCUT2D eigenvalue weighted by Gasteiger charge is 2.34. The monoisotopic (exact) mass is 707 g/mol. The third kappa shape index (κ3) is 13.3. The van der Waals surface area contributed by atoms with Gasteiger partial charge in [0.05, 0.1) is 31.3 Å². The summed E-state index contributed by atoms with van der Waals surface area (Å²) in [4.78, 5) is 49.7. The number of nitrogens with one attached hydrogen (secondary N) is 2. The molecule has 282 valence electrons. The number of carbonyl (C=O) groups excluding carboxylic acids is 3. The lowest BCUT2D eigenvalue weighted by Gasteiger charge is -2.32. The van der Waals surface area contributed by atoms with Gasteiger partial charge in [-0.25, -0.2) is 9.59 Å². The van der Waals surface area contributed by atoms with Crippen LogP contribution in [0.1, 0.15) is 77.9 Å². The van der Waals surface area contributed by atoms with Crippen molar-refractivity contribution in [3.8, 4) is 11.5 Å². The van der Waals surface area contributed by atoms with Crippen molar-refractivity contribution in [2.45, 2.75) is 92.9 Å². The van der Waals surface area contributed by atoms with Crippen LogP contribution in [0.15, 0.2) is 31.8 Å². The van der Waals surface area contributed by atoms with Crippen molar-refractivity contribution < 1.29 is 47.3 Å². The van der Waals surface area contributed by atoms with Gasteiger partial charge in [-0.3, -0.25) is 9.59 Å². The number of alkyl carbamates (subject to hydrolysis) is 1. The van der Waals surface area contributed by atoms with E-state index in [2.05, 4.69) is 24.5 Å². The molecule has 2 rings (SSSR count). The number of primary amides is 1. The predicted octanol–water partition coefficient (Wildman–Crippen LogP) is 4.12. The molecule has 2 aromatic rings. The summed E-state index contributed by atoms with van der Waals surface area (Å²) in [6.07, 6.45) is -0.338. The number of aliphatic hydroxyl groups is 1. The summed E-state index contributed by atoms with van der Waals surface area (Å²) in [5, 5.41) is 17.3. The summed E-state index contributed by atoms with van der Waals surface area (Å²) in [5.74, 6) is -1.07. The largest absolute Gasteiger partial charge is 0.519 e. The van der Waals surface area contributed by atoms with Crippen molar-refractivity contribution in [2.24, 2.45) is 34.8 Å². The number of ether oxygens (including phenoxy) is 4. The molecule has 0 aliphatic rings. The van der Waals surface area contributed by atoms with Gasteiger partial charge in [-0.2, -0.15) is 0 Å². The molecule has 1 aromatic carbocycles. The second-order valence-corrected chi connectivity index (χ2v) is 14.0. The molecule has 0 spiro atoms. The average molecular weight is 708 g/mol. The summed E-state index contributed by atoms with van der Waals surface area (Å²) < 4.78 is 31.7. The van der Waals surface area contributed by atoms with Crippen LogP contribution >= 0.6 is 0 Å². The molecule has 1 aromatic heterocycles. The molecule has 0 aliphatic heterocycles. The fourth-order valence-electron chi connectivity index (χ4n) is 5.34. The maximum Gasteiger partial charge on any atom is 0.519 e. The minimum atomic E-state index is -1.16. The van der Waals surface area contributed by atoms with Crippen molar-refractivity contribution in [1.29, 1.82) is 0 Å². The molecule has 0 aliphatic carbocycles. The summed E-state index contributed by atoms with van der Waals surface area (Å²) >= 11 is 0. The van der Waals surface area contributed by atoms with E-state index in [1.54, 1.807) is 28.1 Å². The van der Waals surface area contributed by atoms with E-state index in [0.717, 1.165) is 5.56 Å². The van der Waals surface area contributed by atoms with Crippen molar-refractivity contribution in [2.75, 3.05) is 34.0 Å². The Bertz CT molecular complexity index is 1430. The third-order valence-corrected chi connectivity index (χ3v) is 8.92. The number of rotatable bonds is 22. The Balaban J connectivity index is 2.32. The van der Waals surface area contributed by atoms with Gasteiger partial charge in [-0.05, 0) is 75.5 Å². The first-order valence-corrected chi connectivity index (χ1v) is 17.1. The molecule has 14 nitrogen and oxygen atoms in total. The highest BCUT2D eigenvalue weighted by Crippen LogP contribution is 2.32. The Labute approximate surface area is 294 Å². The molecular weight excluding hydrogens is 650 g/mol. The molecule has 4 atom stereocenters. The van der Waals surface area contributed by atoms with Crippen molar-refractivity contribution in [1.82, 2.24) is 10.6 Å². The number of aliphatic hydroxyl groups excluding tert-OH is 1. The quantitative estimate of drug-likeness (QED) is 0.128. The Hall–Kier alpha value is -4.04. The number of hydrogen-bond donors (Lipinski definition) is 4. The van der Waals surface area contributed by atoms with Crippen LogP contribution in [0.25, 0.3) is 0 Å². The molecule has 0 unspecified atom stereocenters. The molecule has 1 heterocycles. The zero-order valence-corrected chi connectivity index (χ0v) is 31.0. The maximum atomic E-state index is 13.3. The number of hydrogen-bond acceptors (Lipinski definition) is 11. The highest BCUT2D eigenvalue weighted by molar-refractivity contribution is 5.83. The molecule has 0 saturated heterocycles. The van der Waals surface area contributed by atoms with Gasteiger partial charge in [-0.15, -0.1) is 0 Å². The van der Waals surface area contributed by atoms with E-state index < -0.39 is 41.3 Å². The zero-order valence-electron chi connectivity index (χ0n) is 31.0. The van der Waals surface area contributed by atoms with Crippen LogP contribution in [-0.2, 0) is 32.1 Å². The van der Waals surface area contributed by atoms with Gasteiger partial charge < -0.3 is 49.3 Å². The van der Waals surface area contributed by atoms with E-state index >= 15 is 0 Å². The third-order valence-electron chi connectivity index (χ3n) is 8.92. The Morgan fingerprint density at radius 3 is 2.26 bits per heavy atom. The summed E-state index contributed by atoms with van der Waals surface area (Å²) in [5.41, 5.74) is 5.50. The normalized spacial score (nSPS) is 14.2. The van der Waals surface area contributed by atoms with Gasteiger partial charge in [0.25, 0.3) is 0 Å². The first kappa shape index (κ1) is 42.1. The van der Waals surface area contributed by atoms with Crippen LogP contribution in [0.3, 0.4) is 0 Å². The van der Waals surface area contributed by atoms with Gasteiger partial charge >= 0.3 is 11.9 Å².